The quantitative estimate of drug-likeness (QED) is 0.773. The Hall–Kier alpha value is -1.60. The van der Waals surface area contributed by atoms with Crippen LogP contribution in [0.1, 0.15) is 64.2 Å². The number of carbonyl (C=O) groups excluding carboxylic acids is 3. The molecule has 146 valence electrons. The van der Waals surface area contributed by atoms with Crippen molar-refractivity contribution < 1.29 is 27.6 Å². The van der Waals surface area contributed by atoms with Crippen LogP contribution in [0.15, 0.2) is 0 Å². The van der Waals surface area contributed by atoms with Crippen LogP contribution in [-0.2, 0) is 14.4 Å². The number of nitrogens with zero attached hydrogens (tertiary/aromatic N) is 1. The fourth-order valence-corrected chi connectivity index (χ4v) is 4.67. The van der Waals surface area contributed by atoms with Crippen molar-refractivity contribution in [1.82, 2.24) is 10.2 Å². The highest BCUT2D eigenvalue weighted by Crippen LogP contribution is 2.45. The molecular weight excluding hydrogens is 349 g/mol. The van der Waals surface area contributed by atoms with Crippen molar-refractivity contribution in [2.75, 3.05) is 6.54 Å². The number of rotatable bonds is 3. The summed E-state index contributed by atoms with van der Waals surface area (Å²) in [5, 5.41) is 2.60. The maximum atomic E-state index is 12.9. The summed E-state index contributed by atoms with van der Waals surface area (Å²) in [5.41, 5.74) is -0.651. The third kappa shape index (κ3) is 3.88. The first kappa shape index (κ1) is 19.2. The maximum Gasteiger partial charge on any atom is 0.391 e. The highest BCUT2D eigenvalue weighted by atomic mass is 19.4. The molecule has 0 bridgehead atoms. The molecule has 1 spiro atoms. The van der Waals surface area contributed by atoms with Gasteiger partial charge >= 0.3 is 6.18 Å². The van der Waals surface area contributed by atoms with Crippen molar-refractivity contribution in [3.05, 3.63) is 0 Å². The molecule has 1 aliphatic heterocycles. The van der Waals surface area contributed by atoms with Gasteiger partial charge in [0.15, 0.2) is 0 Å². The van der Waals surface area contributed by atoms with E-state index in [9.17, 15) is 27.6 Å². The first-order chi connectivity index (χ1) is 12.2. The number of imide groups is 1. The summed E-state index contributed by atoms with van der Waals surface area (Å²) < 4.78 is 38.6. The van der Waals surface area contributed by atoms with Gasteiger partial charge < -0.3 is 5.32 Å². The molecule has 0 unspecified atom stereocenters. The van der Waals surface area contributed by atoms with E-state index >= 15 is 0 Å². The Bertz CT molecular complexity index is 585. The van der Waals surface area contributed by atoms with E-state index in [1.54, 1.807) is 0 Å². The van der Waals surface area contributed by atoms with E-state index in [4.69, 9.17) is 0 Å². The average Bonchev–Trinajstić information content (AvgIpc) is 2.79. The van der Waals surface area contributed by atoms with Gasteiger partial charge in [-0.25, -0.2) is 0 Å². The van der Waals surface area contributed by atoms with Crippen LogP contribution in [0.3, 0.4) is 0 Å². The second kappa shape index (κ2) is 7.19. The standard InChI is InChI=1S/C18H25F3N2O3/c19-18(20,21)12-5-4-6-13(9-12)22-14(24)11-23-15(25)10-17(16(23)26)7-2-1-3-8-17/h12-13H,1-11H2,(H,22,24)/t12-,13-/m1/s1. The van der Waals surface area contributed by atoms with Crippen molar-refractivity contribution in [3.63, 3.8) is 0 Å². The van der Waals surface area contributed by atoms with Gasteiger partial charge in [0.05, 0.1) is 11.3 Å². The van der Waals surface area contributed by atoms with Crippen LogP contribution in [0.4, 0.5) is 13.2 Å². The van der Waals surface area contributed by atoms with Crippen LogP contribution in [0, 0.1) is 11.3 Å². The van der Waals surface area contributed by atoms with Crippen molar-refractivity contribution in [3.8, 4) is 0 Å². The smallest absolute Gasteiger partial charge is 0.352 e. The molecule has 1 heterocycles. The minimum absolute atomic E-state index is 0.0848. The highest BCUT2D eigenvalue weighted by molar-refractivity contribution is 6.08. The summed E-state index contributed by atoms with van der Waals surface area (Å²) in [7, 11) is 0. The van der Waals surface area contributed by atoms with E-state index in [1.807, 2.05) is 0 Å². The first-order valence-corrected chi connectivity index (χ1v) is 9.42. The van der Waals surface area contributed by atoms with Crippen LogP contribution in [-0.4, -0.2) is 41.4 Å². The summed E-state index contributed by atoms with van der Waals surface area (Å²) in [6.07, 6.45) is 0.936. The number of halogens is 3. The molecule has 3 amide bonds. The zero-order valence-corrected chi connectivity index (χ0v) is 14.7. The SMILES string of the molecule is O=C(CN1C(=O)CC2(CCCCC2)C1=O)N[C@@H]1CCC[C@@H](C(F)(F)F)C1. The predicted octanol–water partition coefficient (Wildman–Crippen LogP) is 2.93. The Labute approximate surface area is 150 Å². The molecule has 3 aliphatic rings. The largest absolute Gasteiger partial charge is 0.391 e. The summed E-state index contributed by atoms with van der Waals surface area (Å²) in [5.74, 6) is -2.58. The van der Waals surface area contributed by atoms with Crippen molar-refractivity contribution >= 4 is 17.7 Å². The number of carbonyl (C=O) groups is 3. The third-order valence-electron chi connectivity index (χ3n) is 6.10. The van der Waals surface area contributed by atoms with E-state index in [1.165, 1.54) is 0 Å². The molecule has 26 heavy (non-hydrogen) atoms. The fraction of sp³-hybridized carbons (Fsp3) is 0.833. The molecule has 1 N–H and O–H groups in total. The highest BCUT2D eigenvalue weighted by Gasteiger charge is 2.52. The number of alkyl halides is 3. The molecule has 8 heteroatoms. The lowest BCUT2D eigenvalue weighted by Gasteiger charge is -2.32. The average molecular weight is 374 g/mol. The van der Waals surface area contributed by atoms with Crippen LogP contribution in [0.25, 0.3) is 0 Å². The molecule has 0 radical (unpaired) electrons. The van der Waals surface area contributed by atoms with E-state index < -0.39 is 29.5 Å². The van der Waals surface area contributed by atoms with E-state index in [2.05, 4.69) is 5.32 Å². The molecule has 5 nitrogen and oxygen atoms in total. The summed E-state index contributed by atoms with van der Waals surface area (Å²) in [6.45, 7) is -0.382. The van der Waals surface area contributed by atoms with Crippen LogP contribution < -0.4 is 5.32 Å². The van der Waals surface area contributed by atoms with Gasteiger partial charge in [-0.1, -0.05) is 25.7 Å². The van der Waals surface area contributed by atoms with Crippen LogP contribution in [0.2, 0.25) is 0 Å². The molecule has 0 aromatic carbocycles. The Kier molecular flexibility index (Phi) is 5.30. The third-order valence-corrected chi connectivity index (χ3v) is 6.10. The number of amides is 3. The molecule has 1 saturated heterocycles. The van der Waals surface area contributed by atoms with E-state index in [0.717, 1.165) is 24.2 Å². The molecule has 2 aliphatic carbocycles. The maximum absolute atomic E-state index is 12.9. The van der Waals surface area contributed by atoms with Crippen LogP contribution in [0.5, 0.6) is 0 Å². The topological polar surface area (TPSA) is 66.5 Å². The van der Waals surface area contributed by atoms with E-state index in [-0.39, 0.29) is 37.6 Å². The lowest BCUT2D eigenvalue weighted by molar-refractivity contribution is -0.184. The Morgan fingerprint density at radius 1 is 1.12 bits per heavy atom. The number of nitrogens with one attached hydrogen (secondary N) is 1. The zero-order chi connectivity index (χ0) is 18.9. The number of hydrogen-bond acceptors (Lipinski definition) is 3. The Morgan fingerprint density at radius 3 is 2.46 bits per heavy atom. The van der Waals surface area contributed by atoms with Gasteiger partial charge in [-0.15, -0.1) is 0 Å². The molecule has 3 fully saturated rings. The van der Waals surface area contributed by atoms with Crippen molar-refractivity contribution in [2.24, 2.45) is 11.3 Å². The normalized spacial score (nSPS) is 29.3. The van der Waals surface area contributed by atoms with Gasteiger partial charge in [-0.2, -0.15) is 13.2 Å². The molecule has 2 saturated carbocycles. The lowest BCUT2D eigenvalue weighted by atomic mass is 9.73. The molecule has 0 aromatic heterocycles. The van der Waals surface area contributed by atoms with Gasteiger partial charge in [0.25, 0.3) is 0 Å². The Balaban J connectivity index is 1.56. The molecule has 0 aromatic rings. The minimum atomic E-state index is -4.25. The molecule has 3 rings (SSSR count). The predicted molar refractivity (Wildman–Crippen MR) is 86.8 cm³/mol. The van der Waals surface area contributed by atoms with Crippen molar-refractivity contribution in [2.45, 2.75) is 76.4 Å². The summed E-state index contributed by atoms with van der Waals surface area (Å²) >= 11 is 0. The summed E-state index contributed by atoms with van der Waals surface area (Å²) in [6, 6.07) is -0.556. The first-order valence-electron chi connectivity index (χ1n) is 9.42. The molecular formula is C18H25F3N2O3. The van der Waals surface area contributed by atoms with Gasteiger partial charge in [0.2, 0.25) is 17.7 Å². The fourth-order valence-electron chi connectivity index (χ4n) is 4.67. The lowest BCUT2D eigenvalue weighted by Crippen LogP contribution is -2.47. The molecule has 2 atom stereocenters. The Morgan fingerprint density at radius 2 is 1.81 bits per heavy atom. The van der Waals surface area contributed by atoms with E-state index in [0.29, 0.717) is 25.7 Å². The minimum Gasteiger partial charge on any atom is -0.352 e. The summed E-state index contributed by atoms with van der Waals surface area (Å²) in [4.78, 5) is 38.2. The monoisotopic (exact) mass is 374 g/mol. The second-order valence-corrected chi connectivity index (χ2v) is 7.97. The number of hydrogen-bond donors (Lipinski definition) is 1. The van der Waals surface area contributed by atoms with Gasteiger partial charge in [0, 0.05) is 12.5 Å². The second-order valence-electron chi connectivity index (χ2n) is 7.97. The van der Waals surface area contributed by atoms with Gasteiger partial charge in [0.1, 0.15) is 6.54 Å². The zero-order valence-electron chi connectivity index (χ0n) is 14.7. The van der Waals surface area contributed by atoms with Crippen LogP contribution >= 0.6 is 0 Å². The van der Waals surface area contributed by atoms with Crippen molar-refractivity contribution in [1.29, 1.82) is 0 Å². The number of likely N-dealkylation sites (tertiary alicyclic amines) is 1. The van der Waals surface area contributed by atoms with Gasteiger partial charge in [-0.05, 0) is 32.1 Å². The van der Waals surface area contributed by atoms with Gasteiger partial charge in [-0.3, -0.25) is 19.3 Å².